The van der Waals surface area contributed by atoms with Gasteiger partial charge in [-0.15, -0.1) is 0 Å². The highest BCUT2D eigenvalue weighted by Crippen LogP contribution is 2.31. The molecule has 0 bridgehead atoms. The number of unbranched alkanes of at least 4 members (excludes halogenated alkanes) is 4. The summed E-state index contributed by atoms with van der Waals surface area (Å²) in [6, 6.07) is 4.28. The van der Waals surface area contributed by atoms with Gasteiger partial charge in [0.25, 0.3) is 0 Å². The van der Waals surface area contributed by atoms with Crippen LogP contribution < -0.4 is 4.74 Å². The summed E-state index contributed by atoms with van der Waals surface area (Å²) in [7, 11) is 0. The van der Waals surface area contributed by atoms with E-state index in [9.17, 15) is 25.0 Å². The molecule has 8 nitrogen and oxygen atoms in total. The van der Waals surface area contributed by atoms with Gasteiger partial charge in [0.2, 0.25) is 0 Å². The number of nitro groups is 2. The summed E-state index contributed by atoms with van der Waals surface area (Å²) in [5.41, 5.74) is 0.307. The van der Waals surface area contributed by atoms with Gasteiger partial charge in [0.05, 0.1) is 0 Å². The largest absolute Gasteiger partial charge is 0.477 e. The zero-order chi connectivity index (χ0) is 19.5. The third-order valence-electron chi connectivity index (χ3n) is 3.89. The summed E-state index contributed by atoms with van der Waals surface area (Å²) < 4.78 is 5.24. The van der Waals surface area contributed by atoms with Crippen molar-refractivity contribution in [2.75, 3.05) is 0 Å². The van der Waals surface area contributed by atoms with Crippen molar-refractivity contribution in [3.8, 4) is 5.75 Å². The molecule has 0 unspecified atom stereocenters. The topological polar surface area (TPSA) is 113 Å². The third-order valence-corrected chi connectivity index (χ3v) is 3.89. The van der Waals surface area contributed by atoms with Gasteiger partial charge in [-0.3, -0.25) is 20.2 Å². The lowest BCUT2D eigenvalue weighted by Gasteiger charge is -2.13. The molecule has 0 fully saturated rings. The first kappa shape index (κ1) is 21.3. The van der Waals surface area contributed by atoms with Crippen molar-refractivity contribution in [1.29, 1.82) is 0 Å². The van der Waals surface area contributed by atoms with E-state index in [-0.39, 0.29) is 11.3 Å². The molecule has 1 aromatic rings. The first-order valence-electron chi connectivity index (χ1n) is 8.65. The second-order valence-electron chi connectivity index (χ2n) is 5.85. The Bertz CT molecular complexity index is 658. The van der Waals surface area contributed by atoms with Crippen molar-refractivity contribution in [2.45, 2.75) is 58.5 Å². The number of rotatable bonds is 11. The van der Waals surface area contributed by atoms with Gasteiger partial charge in [-0.25, -0.2) is 4.79 Å². The number of carbonyl (C=O) groups is 1. The summed E-state index contributed by atoms with van der Waals surface area (Å²) in [4.78, 5) is 32.3. The first-order chi connectivity index (χ1) is 12.4. The Morgan fingerprint density at radius 2 is 1.81 bits per heavy atom. The van der Waals surface area contributed by atoms with Gasteiger partial charge in [-0.05, 0) is 31.9 Å². The number of hydrogen-bond acceptors (Lipinski definition) is 6. The summed E-state index contributed by atoms with van der Waals surface area (Å²) in [6.07, 6.45) is 5.78. The highest BCUT2D eigenvalue weighted by molar-refractivity contribution is 5.84. The van der Waals surface area contributed by atoms with Gasteiger partial charge in [0.15, 0.2) is 0 Å². The van der Waals surface area contributed by atoms with Crippen molar-refractivity contribution in [3.63, 3.8) is 0 Å². The van der Waals surface area contributed by atoms with Gasteiger partial charge in [-0.1, -0.05) is 44.7 Å². The van der Waals surface area contributed by atoms with E-state index in [1.807, 2.05) is 0 Å². The normalized spacial score (nSPS) is 11.0. The van der Waals surface area contributed by atoms with Crippen LogP contribution in [0.3, 0.4) is 0 Å². The zero-order valence-corrected chi connectivity index (χ0v) is 15.1. The standard InChI is InChI=1S/C18H24N2O6/c1-3-5-6-7-8-11-14-15(18(19(22)23)20(24)25)12-9-13-16(14)26-17(21)10-4-2/h4,9-10,12-13,18H,3,5-8,11H2,1-2H3/b10-4+. The molecule has 0 aliphatic rings. The van der Waals surface area contributed by atoms with Gasteiger partial charge >= 0.3 is 12.1 Å². The second-order valence-corrected chi connectivity index (χ2v) is 5.85. The SMILES string of the molecule is C/C=C/C(=O)Oc1cccc(C([N+](=O)[O-])[N+](=O)[O-])c1CCCCCCC. The molecular weight excluding hydrogens is 340 g/mol. The lowest BCUT2D eigenvalue weighted by atomic mass is 9.98. The summed E-state index contributed by atoms with van der Waals surface area (Å²) in [6.45, 7) is 3.74. The van der Waals surface area contributed by atoms with Crippen LogP contribution in [-0.4, -0.2) is 15.8 Å². The Kier molecular flexibility index (Phi) is 8.97. The fraction of sp³-hybridized carbons (Fsp3) is 0.500. The predicted molar refractivity (Wildman–Crippen MR) is 96.1 cm³/mol. The minimum absolute atomic E-state index is 0.0405. The predicted octanol–water partition coefficient (Wildman–Crippen LogP) is 4.23. The van der Waals surface area contributed by atoms with E-state index in [0.29, 0.717) is 18.4 Å². The molecule has 0 N–H and O–H groups in total. The number of carbonyl (C=O) groups excluding carboxylic acids is 1. The van der Waals surface area contributed by atoms with Crippen LogP contribution in [0.4, 0.5) is 0 Å². The molecule has 0 saturated heterocycles. The quantitative estimate of drug-likeness (QED) is 0.110. The number of benzene rings is 1. The van der Waals surface area contributed by atoms with E-state index in [0.717, 1.165) is 25.7 Å². The Morgan fingerprint density at radius 1 is 1.15 bits per heavy atom. The number of esters is 1. The van der Waals surface area contributed by atoms with Gasteiger partial charge < -0.3 is 4.74 Å². The smallest absolute Gasteiger partial charge is 0.423 e. The molecule has 1 rings (SSSR count). The van der Waals surface area contributed by atoms with Crippen molar-refractivity contribution in [2.24, 2.45) is 0 Å². The fourth-order valence-electron chi connectivity index (χ4n) is 2.68. The van der Waals surface area contributed by atoms with Gasteiger partial charge in [0.1, 0.15) is 21.2 Å². The number of ether oxygens (including phenoxy) is 1. The lowest BCUT2D eigenvalue weighted by Crippen LogP contribution is -2.21. The molecule has 0 atom stereocenters. The van der Waals surface area contributed by atoms with Crippen LogP contribution in [0.5, 0.6) is 5.75 Å². The van der Waals surface area contributed by atoms with E-state index in [1.54, 1.807) is 6.92 Å². The zero-order valence-electron chi connectivity index (χ0n) is 15.1. The van der Waals surface area contributed by atoms with Crippen LogP contribution in [0, 0.1) is 20.2 Å². The van der Waals surface area contributed by atoms with E-state index in [4.69, 9.17) is 4.74 Å². The van der Waals surface area contributed by atoms with Crippen LogP contribution in [0.1, 0.15) is 63.2 Å². The maximum absolute atomic E-state index is 11.8. The van der Waals surface area contributed by atoms with Gasteiger partial charge in [-0.2, -0.15) is 0 Å². The molecular formula is C18H24N2O6. The van der Waals surface area contributed by atoms with Crippen LogP contribution in [0.25, 0.3) is 0 Å². The Morgan fingerprint density at radius 3 is 2.38 bits per heavy atom. The van der Waals surface area contributed by atoms with Crippen molar-refractivity contribution >= 4 is 5.97 Å². The Hall–Kier alpha value is -2.77. The Balaban J connectivity index is 3.19. The molecule has 0 saturated carbocycles. The van der Waals surface area contributed by atoms with E-state index in [1.165, 1.54) is 30.4 Å². The second kappa shape index (κ2) is 11.0. The average molecular weight is 364 g/mol. The van der Waals surface area contributed by atoms with Crippen molar-refractivity contribution < 1.29 is 19.4 Å². The lowest BCUT2D eigenvalue weighted by molar-refractivity contribution is -0.752. The molecule has 0 amide bonds. The molecule has 0 aromatic heterocycles. The molecule has 26 heavy (non-hydrogen) atoms. The summed E-state index contributed by atoms with van der Waals surface area (Å²) in [5, 5.41) is 22.4. The van der Waals surface area contributed by atoms with Crippen LogP contribution in [0.15, 0.2) is 30.4 Å². The molecule has 8 heteroatoms. The minimum Gasteiger partial charge on any atom is -0.423 e. The molecule has 0 radical (unpaired) electrons. The summed E-state index contributed by atoms with van der Waals surface area (Å²) in [5.74, 6) is -0.495. The van der Waals surface area contributed by atoms with Crippen molar-refractivity contribution in [1.82, 2.24) is 0 Å². The molecule has 0 aliphatic carbocycles. The highest BCUT2D eigenvalue weighted by atomic mass is 16.7. The monoisotopic (exact) mass is 364 g/mol. The Labute approximate surface area is 152 Å². The molecule has 142 valence electrons. The van der Waals surface area contributed by atoms with Gasteiger partial charge in [0, 0.05) is 11.6 Å². The summed E-state index contributed by atoms with van der Waals surface area (Å²) >= 11 is 0. The maximum atomic E-state index is 11.8. The maximum Gasteiger partial charge on any atom is 0.477 e. The average Bonchev–Trinajstić information content (AvgIpc) is 2.56. The van der Waals surface area contributed by atoms with E-state index in [2.05, 4.69) is 6.92 Å². The number of hydrogen-bond donors (Lipinski definition) is 0. The van der Waals surface area contributed by atoms with Crippen LogP contribution in [0.2, 0.25) is 0 Å². The number of allylic oxidation sites excluding steroid dienone is 1. The molecule has 0 spiro atoms. The number of nitrogens with zero attached hydrogens (tertiary/aromatic N) is 2. The van der Waals surface area contributed by atoms with Crippen LogP contribution in [-0.2, 0) is 11.2 Å². The van der Waals surface area contributed by atoms with E-state index >= 15 is 0 Å². The molecule has 0 aliphatic heterocycles. The first-order valence-corrected chi connectivity index (χ1v) is 8.65. The molecule has 0 heterocycles. The molecule has 1 aromatic carbocycles. The highest BCUT2D eigenvalue weighted by Gasteiger charge is 2.37. The van der Waals surface area contributed by atoms with E-state index < -0.39 is 22.0 Å². The fourth-order valence-corrected chi connectivity index (χ4v) is 2.68. The third kappa shape index (κ3) is 6.27. The van der Waals surface area contributed by atoms with Crippen LogP contribution >= 0.6 is 0 Å². The minimum atomic E-state index is -2.08. The van der Waals surface area contributed by atoms with Crippen molar-refractivity contribution in [3.05, 3.63) is 61.7 Å².